The third-order valence-corrected chi connectivity index (χ3v) is 0.803. The Bertz CT molecular complexity index is 173. The molecule has 0 spiro atoms. The molecule has 0 saturated heterocycles. The molecule has 64 valence electrons. The molecular weight excluding hydrogens is 159 g/mol. The first kappa shape index (κ1) is 9.63. The van der Waals surface area contributed by atoms with E-state index in [9.17, 15) is 14.0 Å². The van der Waals surface area contributed by atoms with E-state index >= 15 is 0 Å². The Labute approximate surface area is 60.8 Å². The van der Waals surface area contributed by atoms with Crippen molar-refractivity contribution < 1.29 is 24.2 Å². The summed E-state index contributed by atoms with van der Waals surface area (Å²) in [5, 5.41) is 17.9. The predicted molar refractivity (Wildman–Crippen MR) is 31.3 cm³/mol. The van der Waals surface area contributed by atoms with Gasteiger partial charge in [-0.2, -0.15) is 0 Å². The van der Waals surface area contributed by atoms with Gasteiger partial charge in [-0.3, -0.25) is 0 Å². The number of primary amides is 1. The summed E-state index contributed by atoms with van der Waals surface area (Å²) in [4.78, 5) is 19.7. The molecule has 0 aromatic heterocycles. The molecule has 0 aliphatic carbocycles. The Kier molecular flexibility index (Phi) is 3.25. The van der Waals surface area contributed by atoms with Gasteiger partial charge in [0.05, 0.1) is 0 Å². The van der Waals surface area contributed by atoms with E-state index in [1.165, 1.54) is 5.32 Å². The molecule has 0 unspecified atom stereocenters. The van der Waals surface area contributed by atoms with Crippen LogP contribution in [0.2, 0.25) is 0 Å². The van der Waals surface area contributed by atoms with Crippen LogP contribution in [0, 0.1) is 0 Å². The molecule has 6 nitrogen and oxygen atoms in total. The Balaban J connectivity index is 3.92. The van der Waals surface area contributed by atoms with Gasteiger partial charge >= 0.3 is 12.0 Å². The molecule has 0 aliphatic rings. The first-order valence-corrected chi connectivity index (χ1v) is 2.56. The number of hydrogen-bond donors (Lipinski definition) is 4. The van der Waals surface area contributed by atoms with Crippen LogP contribution in [0.4, 0.5) is 9.18 Å². The van der Waals surface area contributed by atoms with Crippen molar-refractivity contribution in [3.63, 3.8) is 0 Å². The second-order valence-corrected chi connectivity index (χ2v) is 1.69. The number of alkyl halides is 1. The smallest absolute Gasteiger partial charge is 0.343 e. The van der Waals surface area contributed by atoms with Crippen LogP contribution in [0.5, 0.6) is 0 Å². The molecule has 0 radical (unpaired) electrons. The van der Waals surface area contributed by atoms with Crippen molar-refractivity contribution in [3.05, 3.63) is 0 Å². The SMILES string of the molecule is NC(=O)N[C@@H](O)[C@@H](F)C(=O)O. The summed E-state index contributed by atoms with van der Waals surface area (Å²) in [6, 6.07) is -1.19. The van der Waals surface area contributed by atoms with Crippen molar-refractivity contribution in [2.45, 2.75) is 12.4 Å². The van der Waals surface area contributed by atoms with Crippen molar-refractivity contribution in [3.8, 4) is 0 Å². The highest BCUT2D eigenvalue weighted by molar-refractivity contribution is 5.76. The van der Waals surface area contributed by atoms with Gasteiger partial charge in [0.1, 0.15) is 0 Å². The van der Waals surface area contributed by atoms with Crippen LogP contribution in [0.3, 0.4) is 0 Å². The normalized spacial score (nSPS) is 15.1. The summed E-state index contributed by atoms with van der Waals surface area (Å²) >= 11 is 0. The lowest BCUT2D eigenvalue weighted by atomic mass is 10.3. The highest BCUT2D eigenvalue weighted by Crippen LogP contribution is 1.95. The number of urea groups is 1. The number of nitrogens with one attached hydrogen (secondary N) is 1. The third kappa shape index (κ3) is 3.36. The number of rotatable bonds is 3. The fourth-order valence-corrected chi connectivity index (χ4v) is 0.354. The largest absolute Gasteiger partial charge is 0.479 e. The predicted octanol–water partition coefficient (Wildman–Crippen LogP) is -1.60. The number of aliphatic hydroxyl groups is 1. The summed E-state index contributed by atoms with van der Waals surface area (Å²) in [5.74, 6) is -1.87. The van der Waals surface area contributed by atoms with Crippen molar-refractivity contribution in [1.82, 2.24) is 5.32 Å². The average molecular weight is 166 g/mol. The molecule has 0 rings (SSSR count). The maximum Gasteiger partial charge on any atom is 0.343 e. The van der Waals surface area contributed by atoms with Crippen LogP contribution in [0.25, 0.3) is 0 Å². The fourth-order valence-electron chi connectivity index (χ4n) is 0.354. The number of aliphatic carboxylic acids is 1. The van der Waals surface area contributed by atoms with Gasteiger partial charge in [-0.25, -0.2) is 14.0 Å². The Morgan fingerprint density at radius 3 is 2.27 bits per heavy atom. The molecule has 11 heavy (non-hydrogen) atoms. The molecule has 2 atom stereocenters. The van der Waals surface area contributed by atoms with E-state index < -0.39 is 24.4 Å². The lowest BCUT2D eigenvalue weighted by Gasteiger charge is -2.11. The van der Waals surface area contributed by atoms with E-state index in [2.05, 4.69) is 5.73 Å². The van der Waals surface area contributed by atoms with Gasteiger partial charge in [0.2, 0.25) is 6.17 Å². The van der Waals surface area contributed by atoms with Crippen LogP contribution in [-0.2, 0) is 4.79 Å². The van der Waals surface area contributed by atoms with Crippen LogP contribution in [-0.4, -0.2) is 34.6 Å². The van der Waals surface area contributed by atoms with Gasteiger partial charge in [-0.1, -0.05) is 0 Å². The number of hydrogen-bond acceptors (Lipinski definition) is 3. The fraction of sp³-hybridized carbons (Fsp3) is 0.500. The zero-order chi connectivity index (χ0) is 9.02. The van der Waals surface area contributed by atoms with Gasteiger partial charge in [-0.15, -0.1) is 0 Å². The van der Waals surface area contributed by atoms with Crippen LogP contribution < -0.4 is 11.1 Å². The summed E-state index contributed by atoms with van der Waals surface area (Å²) in [6.45, 7) is 0. The Hall–Kier alpha value is -1.37. The lowest BCUT2D eigenvalue weighted by Crippen LogP contribution is -2.46. The van der Waals surface area contributed by atoms with Crippen LogP contribution >= 0.6 is 0 Å². The summed E-state index contributed by atoms with van der Waals surface area (Å²) < 4.78 is 12.2. The Morgan fingerprint density at radius 1 is 1.55 bits per heavy atom. The van der Waals surface area contributed by atoms with Crippen molar-refractivity contribution in [2.24, 2.45) is 5.73 Å². The van der Waals surface area contributed by atoms with Gasteiger partial charge in [0.25, 0.3) is 0 Å². The van der Waals surface area contributed by atoms with E-state index in [4.69, 9.17) is 10.2 Å². The third-order valence-electron chi connectivity index (χ3n) is 0.803. The monoisotopic (exact) mass is 166 g/mol. The second kappa shape index (κ2) is 3.71. The first-order chi connectivity index (χ1) is 4.95. The minimum absolute atomic E-state index is 1.19. The van der Waals surface area contributed by atoms with Gasteiger partial charge in [0, 0.05) is 0 Å². The van der Waals surface area contributed by atoms with E-state index in [1.54, 1.807) is 0 Å². The molecule has 7 heteroatoms. The highest BCUT2D eigenvalue weighted by Gasteiger charge is 2.26. The van der Waals surface area contributed by atoms with E-state index in [-0.39, 0.29) is 0 Å². The molecule has 0 aromatic carbocycles. The number of amides is 2. The highest BCUT2D eigenvalue weighted by atomic mass is 19.1. The number of aliphatic hydroxyl groups excluding tert-OH is 1. The minimum Gasteiger partial charge on any atom is -0.479 e. The molecule has 0 saturated carbocycles. The van der Waals surface area contributed by atoms with Crippen LogP contribution in [0.1, 0.15) is 0 Å². The number of carboxylic acid groups (broad SMARTS) is 1. The maximum absolute atomic E-state index is 12.2. The summed E-state index contributed by atoms with van der Waals surface area (Å²) in [6.07, 6.45) is -4.67. The molecular formula is C4H7FN2O4. The first-order valence-electron chi connectivity index (χ1n) is 2.56. The minimum atomic E-state index is -2.57. The van der Waals surface area contributed by atoms with Crippen molar-refractivity contribution in [1.29, 1.82) is 0 Å². The lowest BCUT2D eigenvalue weighted by molar-refractivity contribution is -0.147. The van der Waals surface area contributed by atoms with E-state index in [0.717, 1.165) is 0 Å². The van der Waals surface area contributed by atoms with E-state index in [1.807, 2.05) is 0 Å². The zero-order valence-electron chi connectivity index (χ0n) is 5.32. The number of carboxylic acids is 1. The topological polar surface area (TPSA) is 113 Å². The molecule has 2 amide bonds. The van der Waals surface area contributed by atoms with Gasteiger partial charge in [0.15, 0.2) is 6.23 Å². The quantitative estimate of drug-likeness (QED) is 0.378. The van der Waals surface area contributed by atoms with Crippen molar-refractivity contribution >= 4 is 12.0 Å². The van der Waals surface area contributed by atoms with Crippen LogP contribution in [0.15, 0.2) is 0 Å². The standard InChI is InChI=1S/C4H7FN2O4/c5-1(3(9)10)2(8)7-4(6)11/h1-2,8H,(H,9,10)(H3,6,7,11)/t1-,2+/m1/s1. The number of carbonyl (C=O) groups excluding carboxylic acids is 1. The molecule has 5 N–H and O–H groups in total. The Morgan fingerprint density at radius 2 is 2.00 bits per heavy atom. The van der Waals surface area contributed by atoms with Gasteiger partial charge in [-0.05, 0) is 0 Å². The summed E-state index contributed by atoms with van der Waals surface area (Å²) in [5.41, 5.74) is 4.46. The molecule has 0 bridgehead atoms. The average Bonchev–Trinajstić information content (AvgIpc) is 1.84. The van der Waals surface area contributed by atoms with E-state index in [0.29, 0.717) is 0 Å². The number of nitrogens with two attached hydrogens (primary N) is 1. The molecule has 0 aromatic rings. The number of carbonyl (C=O) groups is 2. The van der Waals surface area contributed by atoms with Crippen molar-refractivity contribution in [2.75, 3.05) is 0 Å². The van der Waals surface area contributed by atoms with Gasteiger partial charge < -0.3 is 21.3 Å². The zero-order valence-corrected chi connectivity index (χ0v) is 5.32. The summed E-state index contributed by atoms with van der Waals surface area (Å²) in [7, 11) is 0. The molecule has 0 fully saturated rings. The number of halogens is 1. The second-order valence-electron chi connectivity index (χ2n) is 1.69. The molecule has 0 heterocycles. The maximum atomic E-state index is 12.2. The molecule has 0 aliphatic heterocycles.